The lowest BCUT2D eigenvalue weighted by Crippen LogP contribution is -2.45. The zero-order chi connectivity index (χ0) is 16.9. The molecule has 2 N–H and O–H groups in total. The maximum absolute atomic E-state index is 12.4. The van der Waals surface area contributed by atoms with Crippen molar-refractivity contribution in [1.82, 2.24) is 14.9 Å². The number of amides is 3. The van der Waals surface area contributed by atoms with Crippen LogP contribution in [0.5, 0.6) is 0 Å². The molecule has 3 amide bonds. The first-order valence-corrected chi connectivity index (χ1v) is 8.69. The van der Waals surface area contributed by atoms with Crippen molar-refractivity contribution in [2.45, 2.75) is 19.8 Å². The van der Waals surface area contributed by atoms with E-state index in [-0.39, 0.29) is 17.9 Å². The molecule has 0 spiro atoms. The number of hydrogen-bond acceptors (Lipinski definition) is 5. The molecular formula is C16H19N5O2S. The second-order valence-corrected chi connectivity index (χ2v) is 6.59. The molecule has 1 aliphatic rings. The molecule has 1 aliphatic heterocycles. The molecule has 8 heteroatoms. The van der Waals surface area contributed by atoms with Gasteiger partial charge in [-0.2, -0.15) is 0 Å². The minimum atomic E-state index is -0.217. The molecule has 24 heavy (non-hydrogen) atoms. The van der Waals surface area contributed by atoms with E-state index in [1.165, 1.54) is 11.3 Å². The molecule has 2 aromatic heterocycles. The van der Waals surface area contributed by atoms with Crippen LogP contribution in [0.1, 0.15) is 18.5 Å². The minimum Gasteiger partial charge on any atom is -0.324 e. The number of aromatic nitrogens is 2. The van der Waals surface area contributed by atoms with E-state index in [4.69, 9.17) is 0 Å². The van der Waals surface area contributed by atoms with E-state index < -0.39 is 0 Å². The van der Waals surface area contributed by atoms with E-state index >= 15 is 0 Å². The van der Waals surface area contributed by atoms with Crippen molar-refractivity contribution in [3.8, 4) is 0 Å². The maximum atomic E-state index is 12.4. The minimum absolute atomic E-state index is 0.0780. The summed E-state index contributed by atoms with van der Waals surface area (Å²) in [5.41, 5.74) is 1.58. The molecule has 0 unspecified atom stereocenters. The lowest BCUT2D eigenvalue weighted by Gasteiger charge is -2.31. The third-order valence-electron chi connectivity index (χ3n) is 3.86. The molecule has 1 atom stereocenters. The van der Waals surface area contributed by atoms with E-state index in [0.717, 1.165) is 18.5 Å². The van der Waals surface area contributed by atoms with Crippen molar-refractivity contribution in [3.63, 3.8) is 0 Å². The van der Waals surface area contributed by atoms with Crippen LogP contribution in [0.4, 0.5) is 15.6 Å². The summed E-state index contributed by atoms with van der Waals surface area (Å²) in [5.74, 6) is -0.295. The predicted octanol–water partition coefficient (Wildman–Crippen LogP) is 2.73. The van der Waals surface area contributed by atoms with Gasteiger partial charge < -0.3 is 15.5 Å². The third-order valence-corrected chi connectivity index (χ3v) is 4.74. The van der Waals surface area contributed by atoms with Crippen molar-refractivity contribution in [1.29, 1.82) is 0 Å². The van der Waals surface area contributed by atoms with Crippen LogP contribution in [0, 0.1) is 12.8 Å². The highest BCUT2D eigenvalue weighted by Crippen LogP contribution is 2.21. The summed E-state index contributed by atoms with van der Waals surface area (Å²) in [6.07, 6.45) is 4.82. The van der Waals surface area contributed by atoms with Crippen molar-refractivity contribution in [3.05, 3.63) is 35.6 Å². The maximum Gasteiger partial charge on any atom is 0.321 e. The Bertz CT molecular complexity index is 718. The molecule has 3 heterocycles. The normalized spacial score (nSPS) is 17.4. The van der Waals surface area contributed by atoms with Crippen LogP contribution in [0.2, 0.25) is 0 Å². The monoisotopic (exact) mass is 345 g/mol. The van der Waals surface area contributed by atoms with E-state index in [0.29, 0.717) is 23.9 Å². The number of hydrogen-bond donors (Lipinski definition) is 2. The predicted molar refractivity (Wildman–Crippen MR) is 93.0 cm³/mol. The fourth-order valence-electron chi connectivity index (χ4n) is 2.63. The summed E-state index contributed by atoms with van der Waals surface area (Å²) in [6.45, 7) is 2.95. The summed E-state index contributed by atoms with van der Waals surface area (Å²) in [5, 5.41) is 8.17. The largest absolute Gasteiger partial charge is 0.324 e. The molecule has 3 rings (SSSR count). The van der Waals surface area contributed by atoms with Gasteiger partial charge in [-0.15, -0.1) is 11.3 Å². The van der Waals surface area contributed by atoms with E-state index in [1.54, 1.807) is 29.4 Å². The smallest absolute Gasteiger partial charge is 0.321 e. The molecule has 0 aromatic carbocycles. The standard InChI is InChI=1S/C16H19N5O2S/c1-11-10-24-15(18-11)20-14(22)12-3-2-8-21(9-12)16(23)19-13-4-6-17-7-5-13/h4-7,10,12H,2-3,8-9H2,1H3,(H,17,19,23)(H,18,20,22)/t12-/m1/s1. The summed E-state index contributed by atoms with van der Waals surface area (Å²) >= 11 is 1.41. The van der Waals surface area contributed by atoms with Gasteiger partial charge in [-0.1, -0.05) is 0 Å². The number of urea groups is 1. The zero-order valence-electron chi connectivity index (χ0n) is 13.4. The van der Waals surface area contributed by atoms with Crippen molar-refractivity contribution >= 4 is 34.1 Å². The van der Waals surface area contributed by atoms with Gasteiger partial charge in [0.1, 0.15) is 0 Å². The third kappa shape index (κ3) is 4.08. The van der Waals surface area contributed by atoms with Gasteiger partial charge in [-0.3, -0.25) is 9.78 Å². The number of piperidine rings is 1. The summed E-state index contributed by atoms with van der Waals surface area (Å²) in [7, 11) is 0. The highest BCUT2D eigenvalue weighted by molar-refractivity contribution is 7.13. The van der Waals surface area contributed by atoms with Gasteiger partial charge in [0.25, 0.3) is 0 Å². The van der Waals surface area contributed by atoms with Crippen molar-refractivity contribution in [2.24, 2.45) is 5.92 Å². The number of anilines is 2. The Morgan fingerprint density at radius 3 is 2.79 bits per heavy atom. The van der Waals surface area contributed by atoms with Gasteiger partial charge >= 0.3 is 6.03 Å². The first-order valence-electron chi connectivity index (χ1n) is 7.81. The Morgan fingerprint density at radius 1 is 1.29 bits per heavy atom. The highest BCUT2D eigenvalue weighted by atomic mass is 32.1. The van der Waals surface area contributed by atoms with Gasteiger partial charge in [0, 0.05) is 36.6 Å². The van der Waals surface area contributed by atoms with Crippen LogP contribution in [0.3, 0.4) is 0 Å². The molecule has 1 fully saturated rings. The molecule has 0 bridgehead atoms. The number of carbonyl (C=O) groups is 2. The van der Waals surface area contributed by atoms with Gasteiger partial charge in [-0.05, 0) is 31.9 Å². The fourth-order valence-corrected chi connectivity index (χ4v) is 3.32. The van der Waals surface area contributed by atoms with Crippen LogP contribution in [-0.2, 0) is 4.79 Å². The molecular weight excluding hydrogens is 326 g/mol. The number of nitrogens with zero attached hydrogens (tertiary/aromatic N) is 3. The topological polar surface area (TPSA) is 87.2 Å². The number of rotatable bonds is 3. The fraction of sp³-hybridized carbons (Fsp3) is 0.375. The first-order chi connectivity index (χ1) is 11.6. The van der Waals surface area contributed by atoms with E-state index in [9.17, 15) is 9.59 Å². The van der Waals surface area contributed by atoms with Crippen LogP contribution in [-0.4, -0.2) is 39.9 Å². The van der Waals surface area contributed by atoms with Gasteiger partial charge in [-0.25, -0.2) is 9.78 Å². The van der Waals surface area contributed by atoms with Crippen LogP contribution < -0.4 is 10.6 Å². The molecule has 2 aromatic rings. The Morgan fingerprint density at radius 2 is 2.08 bits per heavy atom. The average molecular weight is 345 g/mol. The van der Waals surface area contributed by atoms with Gasteiger partial charge in [0.05, 0.1) is 11.6 Å². The Kier molecular flexibility index (Phi) is 5.05. The van der Waals surface area contributed by atoms with Crippen LogP contribution >= 0.6 is 11.3 Å². The molecule has 126 valence electrons. The molecule has 1 saturated heterocycles. The SMILES string of the molecule is Cc1csc(NC(=O)[C@@H]2CCCN(C(=O)Nc3ccncc3)C2)n1. The lowest BCUT2D eigenvalue weighted by molar-refractivity contribution is -0.121. The summed E-state index contributed by atoms with van der Waals surface area (Å²) < 4.78 is 0. The van der Waals surface area contributed by atoms with Gasteiger partial charge in [0.2, 0.25) is 5.91 Å². The highest BCUT2D eigenvalue weighted by Gasteiger charge is 2.28. The molecule has 0 radical (unpaired) electrons. The van der Waals surface area contributed by atoms with E-state index in [1.807, 2.05) is 12.3 Å². The first kappa shape index (κ1) is 16.4. The number of likely N-dealkylation sites (tertiary alicyclic amines) is 1. The number of carbonyl (C=O) groups excluding carboxylic acids is 2. The number of thiazole rings is 1. The Hall–Kier alpha value is -2.48. The second kappa shape index (κ2) is 7.39. The van der Waals surface area contributed by atoms with E-state index in [2.05, 4.69) is 20.6 Å². The van der Waals surface area contributed by atoms with Crippen molar-refractivity contribution in [2.75, 3.05) is 23.7 Å². The zero-order valence-corrected chi connectivity index (χ0v) is 14.2. The summed E-state index contributed by atoms with van der Waals surface area (Å²) in [6, 6.07) is 3.28. The number of pyridine rings is 1. The number of aryl methyl sites for hydroxylation is 1. The van der Waals surface area contributed by atoms with Crippen LogP contribution in [0.25, 0.3) is 0 Å². The van der Waals surface area contributed by atoms with Crippen molar-refractivity contribution < 1.29 is 9.59 Å². The molecule has 0 saturated carbocycles. The molecule has 0 aliphatic carbocycles. The number of nitrogens with one attached hydrogen (secondary N) is 2. The van der Waals surface area contributed by atoms with Crippen LogP contribution in [0.15, 0.2) is 29.9 Å². The Labute approximate surface area is 144 Å². The lowest BCUT2D eigenvalue weighted by atomic mass is 9.97. The second-order valence-electron chi connectivity index (χ2n) is 5.73. The Balaban J connectivity index is 1.57. The molecule has 7 nitrogen and oxygen atoms in total. The average Bonchev–Trinajstić information content (AvgIpc) is 3.00. The van der Waals surface area contributed by atoms with Gasteiger partial charge in [0.15, 0.2) is 5.13 Å². The summed E-state index contributed by atoms with van der Waals surface area (Å²) in [4.78, 5) is 34.6. The quantitative estimate of drug-likeness (QED) is 0.895.